The van der Waals surface area contributed by atoms with Gasteiger partial charge in [-0.3, -0.25) is 4.79 Å². The van der Waals surface area contributed by atoms with Crippen LogP contribution in [0.15, 0.2) is 83.8 Å². The van der Waals surface area contributed by atoms with Gasteiger partial charge in [0, 0.05) is 17.8 Å². The van der Waals surface area contributed by atoms with E-state index in [-0.39, 0.29) is 10.8 Å². The van der Waals surface area contributed by atoms with Gasteiger partial charge in [-0.05, 0) is 60.2 Å². The van der Waals surface area contributed by atoms with Crippen molar-refractivity contribution in [3.05, 3.63) is 84.4 Å². The van der Waals surface area contributed by atoms with Gasteiger partial charge in [-0.15, -0.1) is 0 Å². The molecule has 3 aromatic carbocycles. The first-order valence-corrected chi connectivity index (χ1v) is 11.1. The molecule has 6 heteroatoms. The SMILES string of the molecule is O=C(Nc1ccc(-c2ccccc2)cc1)c1cccc(S(=O)(=O)NCC2CC2)c1. The molecule has 1 aliphatic rings. The molecule has 0 radical (unpaired) electrons. The first kappa shape index (κ1) is 19.4. The number of benzene rings is 3. The normalized spacial score (nSPS) is 13.8. The van der Waals surface area contributed by atoms with Crippen molar-refractivity contribution in [2.45, 2.75) is 17.7 Å². The maximum Gasteiger partial charge on any atom is 0.255 e. The van der Waals surface area contributed by atoms with Gasteiger partial charge >= 0.3 is 0 Å². The number of carbonyl (C=O) groups excluding carboxylic acids is 1. The smallest absolute Gasteiger partial charge is 0.255 e. The molecule has 0 heterocycles. The molecular formula is C23H22N2O3S. The number of carbonyl (C=O) groups is 1. The van der Waals surface area contributed by atoms with Crippen LogP contribution in [0.3, 0.4) is 0 Å². The molecular weight excluding hydrogens is 384 g/mol. The predicted molar refractivity (Wildman–Crippen MR) is 114 cm³/mol. The van der Waals surface area contributed by atoms with Gasteiger partial charge in [-0.1, -0.05) is 48.5 Å². The highest BCUT2D eigenvalue weighted by Crippen LogP contribution is 2.28. The minimum absolute atomic E-state index is 0.102. The zero-order valence-electron chi connectivity index (χ0n) is 15.8. The van der Waals surface area contributed by atoms with Crippen LogP contribution < -0.4 is 10.0 Å². The van der Waals surface area contributed by atoms with Gasteiger partial charge in [0.25, 0.3) is 5.91 Å². The fourth-order valence-electron chi connectivity index (χ4n) is 3.02. The molecule has 1 amide bonds. The van der Waals surface area contributed by atoms with Crippen molar-refractivity contribution >= 4 is 21.6 Å². The van der Waals surface area contributed by atoms with Crippen molar-refractivity contribution in [1.82, 2.24) is 4.72 Å². The summed E-state index contributed by atoms with van der Waals surface area (Å²) in [4.78, 5) is 12.7. The number of hydrogen-bond donors (Lipinski definition) is 2. The fraction of sp³-hybridized carbons (Fsp3) is 0.174. The second-order valence-electron chi connectivity index (χ2n) is 7.22. The van der Waals surface area contributed by atoms with Crippen molar-refractivity contribution in [2.75, 3.05) is 11.9 Å². The molecule has 0 bridgehead atoms. The summed E-state index contributed by atoms with van der Waals surface area (Å²) < 4.78 is 27.5. The van der Waals surface area contributed by atoms with Crippen LogP contribution in [0.2, 0.25) is 0 Å². The molecule has 0 unspecified atom stereocenters. The van der Waals surface area contributed by atoms with Crippen LogP contribution >= 0.6 is 0 Å². The predicted octanol–water partition coefficient (Wildman–Crippen LogP) is 4.29. The molecule has 0 saturated heterocycles. The van der Waals surface area contributed by atoms with Gasteiger partial charge in [0.1, 0.15) is 0 Å². The quantitative estimate of drug-likeness (QED) is 0.614. The highest BCUT2D eigenvalue weighted by atomic mass is 32.2. The monoisotopic (exact) mass is 406 g/mol. The van der Waals surface area contributed by atoms with E-state index in [2.05, 4.69) is 10.0 Å². The summed E-state index contributed by atoms with van der Waals surface area (Å²) in [6.07, 6.45) is 2.13. The zero-order chi connectivity index (χ0) is 20.3. The maximum absolute atomic E-state index is 12.6. The van der Waals surface area contributed by atoms with Crippen LogP contribution in [-0.2, 0) is 10.0 Å². The summed E-state index contributed by atoms with van der Waals surface area (Å²) >= 11 is 0. The lowest BCUT2D eigenvalue weighted by Crippen LogP contribution is -2.26. The van der Waals surface area contributed by atoms with Gasteiger partial charge in [-0.25, -0.2) is 13.1 Å². The van der Waals surface area contributed by atoms with E-state index in [1.54, 1.807) is 12.1 Å². The summed E-state index contributed by atoms with van der Waals surface area (Å²) in [6.45, 7) is 0.451. The summed E-state index contributed by atoms with van der Waals surface area (Å²) in [7, 11) is -3.61. The third-order valence-electron chi connectivity index (χ3n) is 4.92. The van der Waals surface area contributed by atoms with Crippen molar-refractivity contribution < 1.29 is 13.2 Å². The number of rotatable bonds is 7. The van der Waals surface area contributed by atoms with Gasteiger partial charge < -0.3 is 5.32 Å². The van der Waals surface area contributed by atoms with E-state index >= 15 is 0 Å². The highest BCUT2D eigenvalue weighted by Gasteiger charge is 2.24. The van der Waals surface area contributed by atoms with Crippen molar-refractivity contribution in [1.29, 1.82) is 0 Å². The molecule has 1 saturated carbocycles. The second-order valence-corrected chi connectivity index (χ2v) is 8.99. The summed E-state index contributed by atoms with van der Waals surface area (Å²) in [5.74, 6) is 0.0896. The number of nitrogens with one attached hydrogen (secondary N) is 2. The third kappa shape index (κ3) is 4.91. The summed E-state index contributed by atoms with van der Waals surface area (Å²) in [5, 5.41) is 2.82. The van der Waals surface area contributed by atoms with Gasteiger partial charge in [-0.2, -0.15) is 0 Å². The van der Waals surface area contributed by atoms with Crippen molar-refractivity contribution in [3.63, 3.8) is 0 Å². The Morgan fingerprint density at radius 2 is 1.55 bits per heavy atom. The first-order chi connectivity index (χ1) is 14.0. The van der Waals surface area contributed by atoms with Crippen molar-refractivity contribution in [3.8, 4) is 11.1 Å². The Bertz CT molecular complexity index is 1110. The fourth-order valence-corrected chi connectivity index (χ4v) is 4.18. The van der Waals surface area contributed by atoms with Crippen LogP contribution in [0, 0.1) is 5.92 Å². The second kappa shape index (κ2) is 8.19. The molecule has 5 nitrogen and oxygen atoms in total. The van der Waals surface area contributed by atoms with E-state index in [0.717, 1.165) is 24.0 Å². The molecule has 2 N–H and O–H groups in total. The van der Waals surface area contributed by atoms with E-state index in [9.17, 15) is 13.2 Å². The van der Waals surface area contributed by atoms with Crippen LogP contribution in [-0.4, -0.2) is 20.9 Å². The minimum atomic E-state index is -3.61. The number of sulfonamides is 1. The summed E-state index contributed by atoms with van der Waals surface area (Å²) in [5.41, 5.74) is 3.10. The van der Waals surface area contributed by atoms with Crippen LogP contribution in [0.1, 0.15) is 23.2 Å². The Morgan fingerprint density at radius 1 is 0.862 bits per heavy atom. The average molecular weight is 407 g/mol. The molecule has 0 aliphatic heterocycles. The standard InChI is InChI=1S/C23H22N2O3S/c26-23(25-21-13-11-19(12-14-21)18-5-2-1-3-6-18)20-7-4-8-22(15-20)29(27,28)24-16-17-9-10-17/h1-8,11-15,17,24H,9-10,16H2,(H,25,26). The summed E-state index contributed by atoms with van der Waals surface area (Å²) in [6, 6.07) is 23.6. The highest BCUT2D eigenvalue weighted by molar-refractivity contribution is 7.89. The van der Waals surface area contributed by atoms with Crippen LogP contribution in [0.4, 0.5) is 5.69 Å². The largest absolute Gasteiger partial charge is 0.322 e. The van der Waals surface area contributed by atoms with Gasteiger partial charge in [0.2, 0.25) is 10.0 Å². The Hall–Kier alpha value is -2.96. The van der Waals surface area contributed by atoms with Gasteiger partial charge in [0.05, 0.1) is 4.90 Å². The Labute approximate surface area is 170 Å². The lowest BCUT2D eigenvalue weighted by atomic mass is 10.1. The number of hydrogen-bond acceptors (Lipinski definition) is 3. The molecule has 4 rings (SSSR count). The van der Waals surface area contributed by atoms with E-state index in [1.807, 2.05) is 54.6 Å². The van der Waals surface area contributed by atoms with Crippen molar-refractivity contribution in [2.24, 2.45) is 5.92 Å². The Kier molecular flexibility index (Phi) is 5.47. The maximum atomic E-state index is 12.6. The Morgan fingerprint density at radius 3 is 2.24 bits per heavy atom. The van der Waals surface area contributed by atoms with E-state index in [0.29, 0.717) is 23.7 Å². The zero-order valence-corrected chi connectivity index (χ0v) is 16.7. The Balaban J connectivity index is 1.45. The molecule has 0 aromatic heterocycles. The topological polar surface area (TPSA) is 75.3 Å². The lowest BCUT2D eigenvalue weighted by molar-refractivity contribution is 0.102. The minimum Gasteiger partial charge on any atom is -0.322 e. The van der Waals surface area contributed by atoms with E-state index in [4.69, 9.17) is 0 Å². The molecule has 0 spiro atoms. The molecule has 3 aromatic rings. The molecule has 1 aliphatic carbocycles. The van der Waals surface area contributed by atoms with Crippen LogP contribution in [0.5, 0.6) is 0 Å². The van der Waals surface area contributed by atoms with Gasteiger partial charge in [0.15, 0.2) is 0 Å². The van der Waals surface area contributed by atoms with E-state index in [1.165, 1.54) is 12.1 Å². The molecule has 0 atom stereocenters. The molecule has 148 valence electrons. The average Bonchev–Trinajstić information content (AvgIpc) is 3.58. The third-order valence-corrected chi connectivity index (χ3v) is 6.34. The van der Waals surface area contributed by atoms with Crippen LogP contribution in [0.25, 0.3) is 11.1 Å². The number of amides is 1. The molecule has 1 fully saturated rings. The number of anilines is 1. The van der Waals surface area contributed by atoms with E-state index < -0.39 is 10.0 Å². The lowest BCUT2D eigenvalue weighted by Gasteiger charge is -2.09. The first-order valence-electron chi connectivity index (χ1n) is 9.58. The molecule has 29 heavy (non-hydrogen) atoms.